The second-order valence-electron chi connectivity index (χ2n) is 5.51. The number of amides is 2. The first kappa shape index (κ1) is 19.2. The molecular weight excluding hydrogens is 433 g/mol. The van der Waals surface area contributed by atoms with Crippen LogP contribution in [0.3, 0.4) is 0 Å². The second-order valence-corrected chi connectivity index (χ2v) is 6.76. The number of benzene rings is 2. The van der Waals surface area contributed by atoms with Gasteiger partial charge >= 0.3 is 0 Å². The highest BCUT2D eigenvalue weighted by atomic mass is 127. The molecule has 2 aromatic rings. The summed E-state index contributed by atoms with van der Waals surface area (Å²) in [6, 6.07) is 14.7. The number of hydrogen-bond acceptors (Lipinski definition) is 4. The molecule has 25 heavy (non-hydrogen) atoms. The molecule has 0 unspecified atom stereocenters. The van der Waals surface area contributed by atoms with Gasteiger partial charge in [0.2, 0.25) is 11.8 Å². The number of halogens is 1. The molecular formula is C18H20IN3O3. The largest absolute Gasteiger partial charge is 0.497 e. The van der Waals surface area contributed by atoms with E-state index in [1.807, 2.05) is 24.3 Å². The molecule has 132 valence electrons. The van der Waals surface area contributed by atoms with E-state index in [-0.39, 0.29) is 24.9 Å². The maximum Gasteiger partial charge on any atom is 0.238 e. The molecule has 2 aromatic carbocycles. The summed E-state index contributed by atoms with van der Waals surface area (Å²) in [4.78, 5) is 25.8. The molecule has 0 radical (unpaired) electrons. The van der Waals surface area contributed by atoms with Gasteiger partial charge in [-0.15, -0.1) is 0 Å². The summed E-state index contributed by atoms with van der Waals surface area (Å²) in [5, 5.41) is 5.60. The number of carbonyl (C=O) groups is 2. The first-order valence-corrected chi connectivity index (χ1v) is 8.72. The van der Waals surface area contributed by atoms with E-state index in [4.69, 9.17) is 4.74 Å². The highest BCUT2D eigenvalue weighted by Gasteiger charge is 2.11. The lowest BCUT2D eigenvalue weighted by Gasteiger charge is -2.16. The van der Waals surface area contributed by atoms with Gasteiger partial charge in [-0.2, -0.15) is 0 Å². The molecule has 0 saturated heterocycles. The summed E-state index contributed by atoms with van der Waals surface area (Å²) in [5.74, 6) is 0.305. The van der Waals surface area contributed by atoms with Crippen LogP contribution in [0.25, 0.3) is 0 Å². The summed E-state index contributed by atoms with van der Waals surface area (Å²) in [6.07, 6.45) is 0. The number of nitrogens with zero attached hydrogens (tertiary/aromatic N) is 1. The van der Waals surface area contributed by atoms with Crippen molar-refractivity contribution in [3.8, 4) is 5.75 Å². The van der Waals surface area contributed by atoms with Gasteiger partial charge in [0.05, 0.1) is 20.2 Å². The van der Waals surface area contributed by atoms with Crippen molar-refractivity contribution in [2.45, 2.75) is 0 Å². The fraction of sp³-hybridized carbons (Fsp3) is 0.222. The molecule has 0 fully saturated rings. The maximum atomic E-state index is 12.1. The molecule has 2 N–H and O–H groups in total. The van der Waals surface area contributed by atoms with Crippen LogP contribution in [0.4, 0.5) is 11.4 Å². The van der Waals surface area contributed by atoms with Crippen LogP contribution in [-0.4, -0.2) is 44.0 Å². The molecule has 0 aliphatic heterocycles. The van der Waals surface area contributed by atoms with Crippen LogP contribution in [0, 0.1) is 3.57 Å². The summed E-state index contributed by atoms with van der Waals surface area (Å²) >= 11 is 2.19. The van der Waals surface area contributed by atoms with Gasteiger partial charge < -0.3 is 15.4 Å². The van der Waals surface area contributed by atoms with Gasteiger partial charge in [0, 0.05) is 21.0 Å². The van der Waals surface area contributed by atoms with Gasteiger partial charge in [0.1, 0.15) is 5.75 Å². The number of carbonyl (C=O) groups excluding carboxylic acids is 2. The molecule has 2 amide bonds. The van der Waals surface area contributed by atoms with E-state index in [1.54, 1.807) is 43.3 Å². The molecule has 2 rings (SSSR count). The molecule has 0 spiro atoms. The van der Waals surface area contributed by atoms with Crippen molar-refractivity contribution in [2.75, 3.05) is 37.9 Å². The SMILES string of the molecule is COc1cccc(NC(=O)CN(C)CC(=O)Nc2cccc(I)c2)c1. The fourth-order valence-electron chi connectivity index (χ4n) is 2.21. The Hall–Kier alpha value is -2.13. The van der Waals surface area contributed by atoms with Gasteiger partial charge in [0.15, 0.2) is 0 Å². The van der Waals surface area contributed by atoms with Gasteiger partial charge in [-0.3, -0.25) is 14.5 Å². The van der Waals surface area contributed by atoms with Gasteiger partial charge in [0.25, 0.3) is 0 Å². The van der Waals surface area contributed by atoms with Crippen LogP contribution in [0.2, 0.25) is 0 Å². The summed E-state index contributed by atoms with van der Waals surface area (Å²) in [5.41, 5.74) is 1.40. The third-order valence-electron chi connectivity index (χ3n) is 3.29. The Kier molecular flexibility index (Phi) is 7.20. The van der Waals surface area contributed by atoms with Crippen LogP contribution >= 0.6 is 22.6 Å². The first-order chi connectivity index (χ1) is 12.0. The van der Waals surface area contributed by atoms with E-state index in [2.05, 4.69) is 33.2 Å². The predicted octanol–water partition coefficient (Wildman–Crippen LogP) is 2.81. The van der Waals surface area contributed by atoms with E-state index >= 15 is 0 Å². The molecule has 0 aliphatic carbocycles. The maximum absolute atomic E-state index is 12.1. The Balaban J connectivity index is 1.81. The molecule has 6 nitrogen and oxygen atoms in total. The van der Waals surface area contributed by atoms with E-state index in [9.17, 15) is 9.59 Å². The predicted molar refractivity (Wildman–Crippen MR) is 107 cm³/mol. The summed E-state index contributed by atoms with van der Waals surface area (Å²) in [7, 11) is 3.29. The fourth-order valence-corrected chi connectivity index (χ4v) is 2.76. The minimum absolute atomic E-state index is 0.108. The van der Waals surface area contributed by atoms with Gasteiger partial charge in [-0.1, -0.05) is 12.1 Å². The zero-order valence-electron chi connectivity index (χ0n) is 14.1. The Morgan fingerprint density at radius 1 is 1.00 bits per heavy atom. The van der Waals surface area contributed by atoms with Crippen molar-refractivity contribution in [1.82, 2.24) is 4.90 Å². The molecule has 7 heteroatoms. The normalized spacial score (nSPS) is 10.4. The quantitative estimate of drug-likeness (QED) is 0.633. The monoisotopic (exact) mass is 453 g/mol. The number of nitrogens with one attached hydrogen (secondary N) is 2. The Labute approximate surface area is 160 Å². The van der Waals surface area contributed by atoms with Crippen molar-refractivity contribution in [3.05, 3.63) is 52.1 Å². The number of ether oxygens (including phenoxy) is 1. The van der Waals surface area contributed by atoms with Crippen LogP contribution in [-0.2, 0) is 9.59 Å². The molecule has 0 aliphatic rings. The number of anilines is 2. The zero-order chi connectivity index (χ0) is 18.2. The Bertz CT molecular complexity index is 752. The van der Waals surface area contributed by atoms with Crippen molar-refractivity contribution in [3.63, 3.8) is 0 Å². The summed E-state index contributed by atoms with van der Waals surface area (Å²) < 4.78 is 6.16. The highest BCUT2D eigenvalue weighted by molar-refractivity contribution is 14.1. The molecule has 0 bridgehead atoms. The highest BCUT2D eigenvalue weighted by Crippen LogP contribution is 2.16. The smallest absolute Gasteiger partial charge is 0.238 e. The van der Waals surface area contributed by atoms with Crippen LogP contribution in [0.15, 0.2) is 48.5 Å². The van der Waals surface area contributed by atoms with Crippen molar-refractivity contribution in [2.24, 2.45) is 0 Å². The summed E-state index contributed by atoms with van der Waals surface area (Å²) in [6.45, 7) is 0.230. The van der Waals surface area contributed by atoms with E-state index < -0.39 is 0 Å². The van der Waals surface area contributed by atoms with Gasteiger partial charge in [-0.25, -0.2) is 0 Å². The zero-order valence-corrected chi connectivity index (χ0v) is 16.2. The average molecular weight is 453 g/mol. The number of likely N-dealkylation sites (N-methyl/N-ethyl adjacent to an activating group) is 1. The number of methoxy groups -OCH3 is 1. The number of rotatable bonds is 7. The van der Waals surface area contributed by atoms with Crippen molar-refractivity contribution < 1.29 is 14.3 Å². The third-order valence-corrected chi connectivity index (χ3v) is 3.96. The van der Waals surface area contributed by atoms with E-state index in [1.165, 1.54) is 0 Å². The number of hydrogen-bond donors (Lipinski definition) is 2. The molecule has 0 heterocycles. The van der Waals surface area contributed by atoms with Crippen LogP contribution in [0.1, 0.15) is 0 Å². The lowest BCUT2D eigenvalue weighted by Crippen LogP contribution is -2.36. The minimum atomic E-state index is -0.196. The van der Waals surface area contributed by atoms with E-state index in [0.717, 1.165) is 9.26 Å². The van der Waals surface area contributed by atoms with Crippen LogP contribution in [0.5, 0.6) is 5.75 Å². The van der Waals surface area contributed by atoms with Gasteiger partial charge in [-0.05, 0) is 60.0 Å². The first-order valence-electron chi connectivity index (χ1n) is 7.64. The lowest BCUT2D eigenvalue weighted by molar-refractivity contribution is -0.119. The molecule has 0 atom stereocenters. The topological polar surface area (TPSA) is 70.7 Å². The molecule has 0 saturated carbocycles. The lowest BCUT2D eigenvalue weighted by atomic mass is 10.3. The minimum Gasteiger partial charge on any atom is -0.497 e. The Morgan fingerprint density at radius 3 is 2.12 bits per heavy atom. The van der Waals surface area contributed by atoms with Crippen molar-refractivity contribution in [1.29, 1.82) is 0 Å². The Morgan fingerprint density at radius 2 is 1.56 bits per heavy atom. The van der Waals surface area contributed by atoms with Crippen LogP contribution < -0.4 is 15.4 Å². The standard InChI is InChI=1S/C18H20IN3O3/c1-22(11-17(23)20-14-6-3-5-13(19)9-14)12-18(24)21-15-7-4-8-16(10-15)25-2/h3-10H,11-12H2,1-2H3,(H,20,23)(H,21,24). The molecule has 0 aromatic heterocycles. The van der Waals surface area contributed by atoms with E-state index in [0.29, 0.717) is 11.4 Å². The third kappa shape index (κ3) is 6.71. The van der Waals surface area contributed by atoms with Crippen molar-refractivity contribution >= 4 is 45.8 Å². The second kappa shape index (κ2) is 9.38. The average Bonchev–Trinajstić information content (AvgIpc) is 2.54.